The summed E-state index contributed by atoms with van der Waals surface area (Å²) in [6.45, 7) is 0.244. The molecule has 1 saturated carbocycles. The first kappa shape index (κ1) is 29.5. The lowest BCUT2D eigenvalue weighted by Crippen LogP contribution is -2.53. The van der Waals surface area contributed by atoms with E-state index in [0.29, 0.717) is 28.6 Å². The fourth-order valence-corrected chi connectivity index (χ4v) is 6.36. The first-order chi connectivity index (χ1) is 19.0. The number of halogens is 2. The van der Waals surface area contributed by atoms with Crippen molar-refractivity contribution < 1.29 is 9.59 Å². The molecule has 39 heavy (non-hydrogen) atoms. The zero-order valence-corrected chi connectivity index (χ0v) is 24.5. The Morgan fingerprint density at radius 3 is 2.23 bits per heavy atom. The SMILES string of the molecule is O=C(NC1CCCCC1)[C@@H](Cc1ccccc1)N(Cc1ccc(Cl)cc1Cl)C(=O)CCSCc1ccccc1. The van der Waals surface area contributed by atoms with Crippen molar-refractivity contribution >= 4 is 46.8 Å². The summed E-state index contributed by atoms with van der Waals surface area (Å²) in [5.41, 5.74) is 3.02. The fraction of sp³-hybridized carbons (Fsp3) is 0.375. The van der Waals surface area contributed by atoms with E-state index in [0.717, 1.165) is 42.6 Å². The molecule has 0 aliphatic heterocycles. The number of carbonyl (C=O) groups excluding carboxylic acids is 2. The molecule has 1 N–H and O–H groups in total. The average Bonchev–Trinajstić information content (AvgIpc) is 2.95. The number of thioether (sulfide) groups is 1. The second kappa shape index (κ2) is 15.4. The van der Waals surface area contributed by atoms with Gasteiger partial charge in [0.2, 0.25) is 11.8 Å². The van der Waals surface area contributed by atoms with Crippen LogP contribution in [0.15, 0.2) is 78.9 Å². The molecule has 7 heteroatoms. The predicted molar refractivity (Wildman–Crippen MR) is 163 cm³/mol. The molecule has 3 aromatic rings. The van der Waals surface area contributed by atoms with Crippen LogP contribution in [0.2, 0.25) is 10.0 Å². The molecular formula is C32H36Cl2N2O2S. The summed E-state index contributed by atoms with van der Waals surface area (Å²) in [6, 6.07) is 25.0. The molecule has 0 radical (unpaired) electrons. The molecule has 1 aliphatic rings. The van der Waals surface area contributed by atoms with E-state index in [1.54, 1.807) is 28.8 Å². The van der Waals surface area contributed by atoms with Crippen LogP contribution in [0, 0.1) is 0 Å². The maximum atomic E-state index is 13.8. The second-order valence-electron chi connectivity index (χ2n) is 10.1. The van der Waals surface area contributed by atoms with Gasteiger partial charge in [0.05, 0.1) is 0 Å². The Morgan fingerprint density at radius 2 is 1.56 bits per heavy atom. The molecule has 0 saturated heterocycles. The summed E-state index contributed by atoms with van der Waals surface area (Å²) in [5, 5.41) is 4.31. The van der Waals surface area contributed by atoms with Gasteiger partial charge in [0.1, 0.15) is 6.04 Å². The van der Waals surface area contributed by atoms with Crippen LogP contribution in [-0.2, 0) is 28.3 Å². The first-order valence-corrected chi connectivity index (χ1v) is 15.6. The minimum absolute atomic E-state index is 0.0543. The number of nitrogens with one attached hydrogen (secondary N) is 1. The minimum Gasteiger partial charge on any atom is -0.352 e. The molecule has 0 spiro atoms. The fourth-order valence-electron chi connectivity index (χ4n) is 5.00. The molecule has 206 valence electrons. The standard InChI is InChI=1S/C32H36Cl2N2O2S/c33-27-17-16-26(29(34)21-27)22-36(31(37)18-19-39-23-25-12-6-2-7-13-25)30(20-24-10-4-1-5-11-24)32(38)35-28-14-8-3-9-15-28/h1-2,4-7,10-13,16-17,21,28,30H,3,8-9,14-15,18-20,22-23H2,(H,35,38)/t30-/m1/s1. The van der Waals surface area contributed by atoms with Crippen molar-refractivity contribution in [1.82, 2.24) is 10.2 Å². The van der Waals surface area contributed by atoms with Crippen molar-refractivity contribution in [3.8, 4) is 0 Å². The van der Waals surface area contributed by atoms with Crippen molar-refractivity contribution in [3.63, 3.8) is 0 Å². The quantitative estimate of drug-likeness (QED) is 0.222. The van der Waals surface area contributed by atoms with E-state index in [9.17, 15) is 9.59 Å². The lowest BCUT2D eigenvalue weighted by atomic mass is 9.94. The van der Waals surface area contributed by atoms with E-state index in [-0.39, 0.29) is 24.4 Å². The Kier molecular flexibility index (Phi) is 11.6. The van der Waals surface area contributed by atoms with Crippen molar-refractivity contribution in [2.24, 2.45) is 0 Å². The summed E-state index contributed by atoms with van der Waals surface area (Å²) < 4.78 is 0. The van der Waals surface area contributed by atoms with Gasteiger partial charge < -0.3 is 10.2 Å². The molecule has 1 aliphatic carbocycles. The van der Waals surface area contributed by atoms with Crippen molar-refractivity contribution in [2.75, 3.05) is 5.75 Å². The summed E-state index contributed by atoms with van der Waals surface area (Å²) in [5.74, 6) is 1.36. The monoisotopic (exact) mass is 582 g/mol. The van der Waals surface area contributed by atoms with Gasteiger partial charge in [0, 0.05) is 47.0 Å². The first-order valence-electron chi connectivity index (χ1n) is 13.7. The third-order valence-corrected chi connectivity index (χ3v) is 8.77. The Balaban J connectivity index is 1.55. The highest BCUT2D eigenvalue weighted by atomic mass is 35.5. The van der Waals surface area contributed by atoms with Gasteiger partial charge in [-0.2, -0.15) is 11.8 Å². The molecule has 2 amide bonds. The van der Waals surface area contributed by atoms with Crippen LogP contribution in [0.4, 0.5) is 0 Å². The normalized spacial score (nSPS) is 14.5. The van der Waals surface area contributed by atoms with Gasteiger partial charge in [-0.3, -0.25) is 9.59 Å². The van der Waals surface area contributed by atoms with Crippen LogP contribution in [0.25, 0.3) is 0 Å². The van der Waals surface area contributed by atoms with E-state index in [1.165, 1.54) is 12.0 Å². The van der Waals surface area contributed by atoms with Crippen LogP contribution in [-0.4, -0.2) is 34.6 Å². The van der Waals surface area contributed by atoms with E-state index >= 15 is 0 Å². The third-order valence-electron chi connectivity index (χ3n) is 7.15. The molecule has 0 unspecified atom stereocenters. The molecule has 4 nitrogen and oxygen atoms in total. The molecule has 3 aromatic carbocycles. The minimum atomic E-state index is -0.646. The highest BCUT2D eigenvalue weighted by Gasteiger charge is 2.32. The van der Waals surface area contributed by atoms with Crippen LogP contribution in [0.5, 0.6) is 0 Å². The zero-order chi connectivity index (χ0) is 27.5. The van der Waals surface area contributed by atoms with Gasteiger partial charge >= 0.3 is 0 Å². The van der Waals surface area contributed by atoms with E-state index in [1.807, 2.05) is 54.6 Å². The number of hydrogen-bond donors (Lipinski definition) is 1. The average molecular weight is 584 g/mol. The molecule has 0 heterocycles. The Hall–Kier alpha value is -2.47. The van der Waals surface area contributed by atoms with Gasteiger partial charge in [0.25, 0.3) is 0 Å². The summed E-state index contributed by atoms with van der Waals surface area (Å²) in [4.78, 5) is 29.4. The van der Waals surface area contributed by atoms with Gasteiger partial charge in [0.15, 0.2) is 0 Å². The molecule has 0 aromatic heterocycles. The van der Waals surface area contributed by atoms with Crippen LogP contribution < -0.4 is 5.32 Å². The largest absolute Gasteiger partial charge is 0.352 e. The molecular weight excluding hydrogens is 547 g/mol. The maximum absolute atomic E-state index is 13.8. The predicted octanol–water partition coefficient (Wildman–Crippen LogP) is 7.71. The molecule has 1 fully saturated rings. The number of amides is 2. The lowest BCUT2D eigenvalue weighted by Gasteiger charge is -2.33. The number of benzene rings is 3. The van der Waals surface area contributed by atoms with Gasteiger partial charge in [-0.15, -0.1) is 0 Å². The van der Waals surface area contributed by atoms with Gasteiger partial charge in [-0.25, -0.2) is 0 Å². The van der Waals surface area contributed by atoms with Crippen molar-refractivity contribution in [2.45, 2.75) is 69.3 Å². The zero-order valence-electron chi connectivity index (χ0n) is 22.2. The van der Waals surface area contributed by atoms with E-state index in [2.05, 4.69) is 17.4 Å². The van der Waals surface area contributed by atoms with Crippen molar-refractivity contribution in [1.29, 1.82) is 0 Å². The van der Waals surface area contributed by atoms with Crippen LogP contribution in [0.3, 0.4) is 0 Å². The molecule has 4 rings (SSSR count). The molecule has 1 atom stereocenters. The maximum Gasteiger partial charge on any atom is 0.243 e. The smallest absolute Gasteiger partial charge is 0.243 e. The highest BCUT2D eigenvalue weighted by Crippen LogP contribution is 2.25. The Bertz CT molecular complexity index is 1200. The summed E-state index contributed by atoms with van der Waals surface area (Å²) in [6.07, 6.45) is 6.19. The lowest BCUT2D eigenvalue weighted by molar-refractivity contribution is -0.141. The summed E-state index contributed by atoms with van der Waals surface area (Å²) >= 11 is 14.4. The number of hydrogen-bond acceptors (Lipinski definition) is 3. The number of rotatable bonds is 12. The Labute approximate surface area is 246 Å². The van der Waals surface area contributed by atoms with E-state index < -0.39 is 6.04 Å². The van der Waals surface area contributed by atoms with Gasteiger partial charge in [-0.1, -0.05) is 109 Å². The van der Waals surface area contributed by atoms with Crippen molar-refractivity contribution in [3.05, 3.63) is 106 Å². The van der Waals surface area contributed by atoms with Gasteiger partial charge in [-0.05, 0) is 41.7 Å². The Morgan fingerprint density at radius 1 is 0.897 bits per heavy atom. The highest BCUT2D eigenvalue weighted by molar-refractivity contribution is 7.98. The summed E-state index contributed by atoms with van der Waals surface area (Å²) in [7, 11) is 0. The molecule has 0 bridgehead atoms. The topological polar surface area (TPSA) is 49.4 Å². The number of nitrogens with zero attached hydrogens (tertiary/aromatic N) is 1. The van der Waals surface area contributed by atoms with Crippen LogP contribution in [0.1, 0.15) is 55.2 Å². The van der Waals surface area contributed by atoms with Crippen LogP contribution >= 0.6 is 35.0 Å². The third kappa shape index (κ3) is 9.30. The second-order valence-corrected chi connectivity index (χ2v) is 12.0. The van der Waals surface area contributed by atoms with E-state index in [4.69, 9.17) is 23.2 Å². The number of carbonyl (C=O) groups is 2.